The monoisotopic (exact) mass is 294 g/mol. The third-order valence-corrected chi connectivity index (χ3v) is 2.91. The van der Waals surface area contributed by atoms with Crippen molar-refractivity contribution in [2.75, 3.05) is 13.2 Å². The van der Waals surface area contributed by atoms with Crippen molar-refractivity contribution < 1.29 is 44.9 Å². The molecule has 1 aliphatic rings. The lowest BCUT2D eigenvalue weighted by Gasteiger charge is -2.39. The van der Waals surface area contributed by atoms with Crippen LogP contribution in [0.3, 0.4) is 0 Å². The first-order valence-corrected chi connectivity index (χ1v) is 5.82. The minimum Gasteiger partial charge on any atom is -0.429 e. The van der Waals surface area contributed by atoms with Gasteiger partial charge in [0.25, 0.3) is 0 Å². The molecule has 6 atom stereocenters. The second kappa shape index (κ2) is 7.09. The molecule has 0 amide bonds. The topological polar surface area (TPSA) is 157 Å². The summed E-state index contributed by atoms with van der Waals surface area (Å²) in [7, 11) is 0. The van der Waals surface area contributed by atoms with Crippen molar-refractivity contribution >= 4 is 5.97 Å². The number of carbonyl (C=O) groups excluding carboxylic acids is 1. The summed E-state index contributed by atoms with van der Waals surface area (Å²) in [6.45, 7) is 1.79. The lowest BCUT2D eigenvalue weighted by atomic mass is 9.99. The quantitative estimate of drug-likeness (QED) is 0.221. The van der Waals surface area contributed by atoms with Gasteiger partial charge in [-0.2, -0.15) is 0 Å². The summed E-state index contributed by atoms with van der Waals surface area (Å²) < 4.78 is 9.60. The summed E-state index contributed by atoms with van der Waals surface area (Å²) in [5, 5.41) is 55.4. The van der Waals surface area contributed by atoms with Crippen LogP contribution >= 0.6 is 0 Å². The van der Waals surface area contributed by atoms with E-state index in [-0.39, 0.29) is 0 Å². The average molecular weight is 294 g/mol. The predicted octanol–water partition coefficient (Wildman–Crippen LogP) is -3.76. The van der Waals surface area contributed by atoms with Crippen LogP contribution in [0.1, 0.15) is 0 Å². The van der Waals surface area contributed by atoms with E-state index in [1.54, 1.807) is 0 Å². The molecule has 0 aromatic carbocycles. The van der Waals surface area contributed by atoms with Crippen molar-refractivity contribution in [2.45, 2.75) is 36.8 Å². The lowest BCUT2D eigenvalue weighted by Crippen LogP contribution is -2.59. The highest BCUT2D eigenvalue weighted by Gasteiger charge is 2.45. The van der Waals surface area contributed by atoms with Crippen molar-refractivity contribution in [3.05, 3.63) is 12.2 Å². The fourth-order valence-corrected chi connectivity index (χ4v) is 1.59. The maximum Gasteiger partial charge on any atom is 0.338 e. The number of aliphatic hydroxyl groups excluding tert-OH is 6. The smallest absolute Gasteiger partial charge is 0.338 e. The van der Waals surface area contributed by atoms with Gasteiger partial charge in [0.15, 0.2) is 0 Å². The Labute approximate surface area is 114 Å². The zero-order chi connectivity index (χ0) is 15.4. The molecule has 0 aromatic rings. The summed E-state index contributed by atoms with van der Waals surface area (Å²) in [5.41, 5.74) is -0.468. The van der Waals surface area contributed by atoms with Crippen molar-refractivity contribution in [2.24, 2.45) is 0 Å². The molecule has 1 heterocycles. The van der Waals surface area contributed by atoms with Gasteiger partial charge in [-0.05, 0) is 0 Å². The van der Waals surface area contributed by atoms with Crippen LogP contribution in [0.5, 0.6) is 0 Å². The van der Waals surface area contributed by atoms with Crippen LogP contribution in [-0.2, 0) is 14.3 Å². The van der Waals surface area contributed by atoms with Crippen LogP contribution in [0.25, 0.3) is 0 Å². The van der Waals surface area contributed by atoms with Gasteiger partial charge in [0.2, 0.25) is 6.29 Å². The molecule has 9 nitrogen and oxygen atoms in total. The van der Waals surface area contributed by atoms with Crippen LogP contribution in [-0.4, -0.2) is 86.6 Å². The Bertz CT molecular complexity index is 356. The highest BCUT2D eigenvalue weighted by molar-refractivity contribution is 5.88. The lowest BCUT2D eigenvalue weighted by molar-refractivity contribution is -0.291. The largest absolute Gasteiger partial charge is 0.429 e. The Hall–Kier alpha value is -1.07. The maximum absolute atomic E-state index is 11.5. The second-order valence-electron chi connectivity index (χ2n) is 4.33. The molecule has 116 valence electrons. The van der Waals surface area contributed by atoms with Crippen molar-refractivity contribution in [1.29, 1.82) is 0 Å². The molecule has 6 N–H and O–H groups in total. The summed E-state index contributed by atoms with van der Waals surface area (Å²) in [4.78, 5) is 11.5. The fourth-order valence-electron chi connectivity index (χ4n) is 1.59. The van der Waals surface area contributed by atoms with Crippen molar-refractivity contribution in [3.63, 3.8) is 0 Å². The highest BCUT2D eigenvalue weighted by atomic mass is 16.7. The zero-order valence-electron chi connectivity index (χ0n) is 10.5. The second-order valence-corrected chi connectivity index (χ2v) is 4.33. The number of esters is 1. The van der Waals surface area contributed by atoms with E-state index in [0.717, 1.165) is 0 Å². The van der Waals surface area contributed by atoms with Crippen LogP contribution in [0.2, 0.25) is 0 Å². The molecule has 0 radical (unpaired) electrons. The fraction of sp³-hybridized carbons (Fsp3) is 0.727. The number of aliphatic hydroxyl groups is 6. The normalized spacial score (nSPS) is 35.4. The van der Waals surface area contributed by atoms with Crippen LogP contribution in [0.4, 0.5) is 0 Å². The Kier molecular flexibility index (Phi) is 6.02. The first-order valence-electron chi connectivity index (χ1n) is 5.82. The van der Waals surface area contributed by atoms with Gasteiger partial charge in [-0.25, -0.2) is 4.79 Å². The minimum atomic E-state index is -1.74. The standard InChI is InChI=1S/C11H18O9/c1-4(5(14)2-12)10(18)20-11-9(17)8(16)7(15)6(3-13)19-11/h5-9,11-17H,1-3H2/t5-,6-,7-,8-,9+,11-/m0/s1. The average Bonchev–Trinajstić information content (AvgIpc) is 2.45. The van der Waals surface area contributed by atoms with E-state index in [1.165, 1.54) is 0 Å². The Morgan fingerprint density at radius 2 is 1.80 bits per heavy atom. The Balaban J connectivity index is 2.71. The van der Waals surface area contributed by atoms with Crippen LogP contribution < -0.4 is 0 Å². The molecule has 9 heteroatoms. The molecule has 1 aliphatic heterocycles. The molecule has 1 fully saturated rings. The SMILES string of the molecule is C=C(C(=O)O[C@@H]1O[C@@H](CO)[C@H](O)[C@H](O)[C@H]1O)[C@@H](O)CO. The van der Waals surface area contributed by atoms with E-state index < -0.39 is 61.6 Å². The third-order valence-electron chi connectivity index (χ3n) is 2.91. The molecular formula is C11H18O9. The molecule has 20 heavy (non-hydrogen) atoms. The molecule has 1 rings (SSSR count). The first-order chi connectivity index (χ1) is 9.33. The number of carbonyl (C=O) groups is 1. The van der Waals surface area contributed by atoms with E-state index in [9.17, 15) is 25.2 Å². The Morgan fingerprint density at radius 1 is 1.20 bits per heavy atom. The maximum atomic E-state index is 11.5. The van der Waals surface area contributed by atoms with Crippen molar-refractivity contribution in [3.8, 4) is 0 Å². The minimum absolute atomic E-state index is 0.468. The summed E-state index contributed by atoms with van der Waals surface area (Å²) >= 11 is 0. The summed E-state index contributed by atoms with van der Waals surface area (Å²) in [6.07, 6.45) is -9.41. The van der Waals surface area contributed by atoms with E-state index in [0.29, 0.717) is 0 Å². The van der Waals surface area contributed by atoms with E-state index >= 15 is 0 Å². The molecule has 0 unspecified atom stereocenters. The molecule has 1 saturated heterocycles. The van der Waals surface area contributed by atoms with Gasteiger partial charge < -0.3 is 40.1 Å². The van der Waals surface area contributed by atoms with Gasteiger partial charge in [0.05, 0.1) is 18.8 Å². The van der Waals surface area contributed by atoms with Gasteiger partial charge in [0, 0.05) is 0 Å². The number of hydrogen-bond donors (Lipinski definition) is 6. The molecule has 0 spiro atoms. The summed E-state index contributed by atoms with van der Waals surface area (Å²) in [6, 6.07) is 0. The van der Waals surface area contributed by atoms with Gasteiger partial charge in [-0.15, -0.1) is 0 Å². The molecular weight excluding hydrogens is 276 g/mol. The summed E-state index contributed by atoms with van der Waals surface area (Å²) in [5.74, 6) is -1.16. The van der Waals surface area contributed by atoms with Gasteiger partial charge in [-0.3, -0.25) is 0 Å². The predicted molar refractivity (Wildman–Crippen MR) is 62.1 cm³/mol. The molecule has 0 saturated carbocycles. The van der Waals surface area contributed by atoms with Gasteiger partial charge >= 0.3 is 5.97 Å². The number of hydrogen-bond acceptors (Lipinski definition) is 9. The number of rotatable bonds is 5. The van der Waals surface area contributed by atoms with Crippen LogP contribution in [0, 0.1) is 0 Å². The van der Waals surface area contributed by atoms with E-state index in [1.807, 2.05) is 0 Å². The van der Waals surface area contributed by atoms with E-state index in [4.69, 9.17) is 14.9 Å². The van der Waals surface area contributed by atoms with E-state index in [2.05, 4.69) is 11.3 Å². The molecule has 0 aliphatic carbocycles. The first kappa shape index (κ1) is 17.0. The van der Waals surface area contributed by atoms with Gasteiger partial charge in [-0.1, -0.05) is 6.58 Å². The van der Waals surface area contributed by atoms with Gasteiger partial charge in [0.1, 0.15) is 30.5 Å². The zero-order valence-corrected chi connectivity index (χ0v) is 10.5. The van der Waals surface area contributed by atoms with Crippen molar-refractivity contribution in [1.82, 2.24) is 0 Å². The van der Waals surface area contributed by atoms with Crippen LogP contribution in [0.15, 0.2) is 12.2 Å². The third kappa shape index (κ3) is 3.52. The molecule has 0 bridgehead atoms. The highest BCUT2D eigenvalue weighted by Crippen LogP contribution is 2.22. The molecule has 0 aromatic heterocycles. The Morgan fingerprint density at radius 3 is 2.30 bits per heavy atom. The number of ether oxygens (including phenoxy) is 2.